The average Bonchev–Trinajstić information content (AvgIpc) is 2.34. The van der Waals surface area contributed by atoms with E-state index >= 15 is 0 Å². The van der Waals surface area contributed by atoms with Crippen LogP contribution in [0.3, 0.4) is 0 Å². The van der Waals surface area contributed by atoms with Crippen LogP contribution in [0, 0.1) is 18.3 Å². The topological polar surface area (TPSA) is 33.0 Å². The lowest BCUT2D eigenvalue weighted by Gasteiger charge is -2.10. The SMILES string of the molecule is Cc1cc(C#N)ccc1Oc1ccc(Br)cc1Cl. The van der Waals surface area contributed by atoms with E-state index < -0.39 is 0 Å². The quantitative estimate of drug-likeness (QED) is 0.773. The predicted molar refractivity (Wildman–Crippen MR) is 75.1 cm³/mol. The third kappa shape index (κ3) is 2.84. The fraction of sp³-hybridized carbons (Fsp3) is 0.0714. The zero-order valence-corrected chi connectivity index (χ0v) is 11.9. The molecule has 18 heavy (non-hydrogen) atoms. The molecule has 2 aromatic rings. The Morgan fingerprint density at radius 1 is 1.17 bits per heavy atom. The van der Waals surface area contributed by atoms with Crippen molar-refractivity contribution in [2.75, 3.05) is 0 Å². The molecule has 0 amide bonds. The second kappa shape index (κ2) is 5.43. The largest absolute Gasteiger partial charge is 0.456 e. The van der Waals surface area contributed by atoms with Gasteiger partial charge < -0.3 is 4.74 Å². The minimum absolute atomic E-state index is 0.535. The average molecular weight is 323 g/mol. The van der Waals surface area contributed by atoms with E-state index in [4.69, 9.17) is 21.6 Å². The van der Waals surface area contributed by atoms with Gasteiger partial charge in [-0.05, 0) is 48.9 Å². The molecular formula is C14H9BrClNO. The van der Waals surface area contributed by atoms with E-state index in [-0.39, 0.29) is 0 Å². The molecule has 2 aromatic carbocycles. The standard InChI is InChI=1S/C14H9BrClNO/c1-9-6-10(8-17)2-4-13(9)18-14-5-3-11(15)7-12(14)16/h2-7H,1H3. The number of aryl methyl sites for hydroxylation is 1. The van der Waals surface area contributed by atoms with Crippen molar-refractivity contribution in [3.8, 4) is 17.6 Å². The maximum Gasteiger partial charge on any atom is 0.146 e. The molecule has 0 aliphatic carbocycles. The number of nitrogens with zero attached hydrogens (tertiary/aromatic N) is 1. The molecule has 0 aromatic heterocycles. The molecule has 0 unspecified atom stereocenters. The zero-order valence-electron chi connectivity index (χ0n) is 9.58. The molecular weight excluding hydrogens is 314 g/mol. The van der Waals surface area contributed by atoms with E-state index in [0.717, 1.165) is 10.0 Å². The van der Waals surface area contributed by atoms with Gasteiger partial charge in [-0.1, -0.05) is 27.5 Å². The first-order chi connectivity index (χ1) is 8.60. The normalized spacial score (nSPS) is 9.89. The van der Waals surface area contributed by atoms with Gasteiger partial charge in [0.05, 0.1) is 16.7 Å². The highest BCUT2D eigenvalue weighted by Gasteiger charge is 2.06. The van der Waals surface area contributed by atoms with Crippen molar-refractivity contribution in [1.29, 1.82) is 5.26 Å². The summed E-state index contributed by atoms with van der Waals surface area (Å²) in [4.78, 5) is 0. The van der Waals surface area contributed by atoms with Crippen LogP contribution in [0.5, 0.6) is 11.5 Å². The number of hydrogen-bond donors (Lipinski definition) is 0. The van der Waals surface area contributed by atoms with E-state index in [9.17, 15) is 0 Å². The van der Waals surface area contributed by atoms with Crippen LogP contribution in [0.25, 0.3) is 0 Å². The summed E-state index contributed by atoms with van der Waals surface area (Å²) in [5.74, 6) is 1.28. The molecule has 0 radical (unpaired) electrons. The van der Waals surface area contributed by atoms with Crippen molar-refractivity contribution in [3.63, 3.8) is 0 Å². The van der Waals surface area contributed by atoms with Crippen molar-refractivity contribution in [3.05, 3.63) is 57.0 Å². The maximum absolute atomic E-state index is 8.80. The third-order valence-corrected chi connectivity index (χ3v) is 3.21. The summed E-state index contributed by atoms with van der Waals surface area (Å²) >= 11 is 9.42. The molecule has 90 valence electrons. The summed E-state index contributed by atoms with van der Waals surface area (Å²) in [5, 5.41) is 9.34. The van der Waals surface area contributed by atoms with Gasteiger partial charge >= 0.3 is 0 Å². The Bertz CT molecular complexity index is 634. The lowest BCUT2D eigenvalue weighted by Crippen LogP contribution is -1.89. The van der Waals surface area contributed by atoms with Crippen LogP contribution >= 0.6 is 27.5 Å². The Balaban J connectivity index is 2.32. The summed E-state index contributed by atoms with van der Waals surface area (Å²) < 4.78 is 6.63. The molecule has 0 spiro atoms. The molecule has 0 aliphatic heterocycles. The second-order valence-electron chi connectivity index (χ2n) is 3.77. The number of benzene rings is 2. The van der Waals surface area contributed by atoms with Crippen LogP contribution in [-0.4, -0.2) is 0 Å². The molecule has 0 saturated carbocycles. The van der Waals surface area contributed by atoms with Gasteiger partial charge in [-0.15, -0.1) is 0 Å². The number of nitriles is 1. The molecule has 0 aliphatic rings. The summed E-state index contributed by atoms with van der Waals surface area (Å²) in [6.07, 6.45) is 0. The number of rotatable bonds is 2. The highest BCUT2D eigenvalue weighted by molar-refractivity contribution is 9.10. The summed E-state index contributed by atoms with van der Waals surface area (Å²) in [5.41, 5.74) is 1.51. The minimum Gasteiger partial charge on any atom is -0.456 e. The molecule has 0 fully saturated rings. The molecule has 2 rings (SSSR count). The van der Waals surface area contributed by atoms with Crippen LogP contribution < -0.4 is 4.74 Å². The van der Waals surface area contributed by atoms with Crippen molar-refractivity contribution >= 4 is 27.5 Å². The van der Waals surface area contributed by atoms with Gasteiger partial charge in [0.25, 0.3) is 0 Å². The first-order valence-corrected chi connectivity index (χ1v) is 6.41. The third-order valence-electron chi connectivity index (χ3n) is 2.42. The number of halogens is 2. The monoisotopic (exact) mass is 321 g/mol. The van der Waals surface area contributed by atoms with Crippen LogP contribution in [0.4, 0.5) is 0 Å². The Morgan fingerprint density at radius 2 is 1.89 bits per heavy atom. The van der Waals surface area contributed by atoms with Crippen LogP contribution in [0.1, 0.15) is 11.1 Å². The fourth-order valence-electron chi connectivity index (χ4n) is 1.51. The number of ether oxygens (including phenoxy) is 1. The van der Waals surface area contributed by atoms with E-state index in [0.29, 0.717) is 22.1 Å². The highest BCUT2D eigenvalue weighted by atomic mass is 79.9. The second-order valence-corrected chi connectivity index (χ2v) is 5.09. The molecule has 0 N–H and O–H groups in total. The van der Waals surface area contributed by atoms with E-state index in [1.807, 2.05) is 13.0 Å². The Labute approximate surface area is 119 Å². The summed E-state index contributed by atoms with van der Waals surface area (Å²) in [7, 11) is 0. The van der Waals surface area contributed by atoms with Gasteiger partial charge in [0.1, 0.15) is 11.5 Å². The van der Waals surface area contributed by atoms with Crippen molar-refractivity contribution < 1.29 is 4.74 Å². The van der Waals surface area contributed by atoms with Crippen molar-refractivity contribution in [1.82, 2.24) is 0 Å². The van der Waals surface area contributed by atoms with Gasteiger partial charge in [-0.3, -0.25) is 0 Å². The molecule has 2 nitrogen and oxygen atoms in total. The van der Waals surface area contributed by atoms with Gasteiger partial charge in [-0.25, -0.2) is 0 Å². The summed E-state index contributed by atoms with van der Waals surface area (Å²) in [6.45, 7) is 1.89. The minimum atomic E-state index is 0.535. The Kier molecular flexibility index (Phi) is 3.90. The van der Waals surface area contributed by atoms with Gasteiger partial charge in [0.2, 0.25) is 0 Å². The van der Waals surface area contributed by atoms with Crippen LogP contribution in [0.2, 0.25) is 5.02 Å². The molecule has 0 atom stereocenters. The zero-order chi connectivity index (χ0) is 13.1. The number of hydrogen-bond acceptors (Lipinski definition) is 2. The first kappa shape index (κ1) is 12.9. The maximum atomic E-state index is 8.80. The van der Waals surface area contributed by atoms with Crippen molar-refractivity contribution in [2.45, 2.75) is 6.92 Å². The van der Waals surface area contributed by atoms with Crippen molar-refractivity contribution in [2.24, 2.45) is 0 Å². The molecule has 4 heteroatoms. The van der Waals surface area contributed by atoms with Gasteiger partial charge in [0, 0.05) is 4.47 Å². The Hall–Kier alpha value is -1.50. The first-order valence-electron chi connectivity index (χ1n) is 5.24. The van der Waals surface area contributed by atoms with Crippen LogP contribution in [0.15, 0.2) is 40.9 Å². The lowest BCUT2D eigenvalue weighted by molar-refractivity contribution is 0.479. The Morgan fingerprint density at radius 3 is 2.50 bits per heavy atom. The summed E-state index contributed by atoms with van der Waals surface area (Å²) in [6, 6.07) is 12.8. The predicted octanol–water partition coefficient (Wildman–Crippen LogP) is 5.07. The smallest absolute Gasteiger partial charge is 0.146 e. The van der Waals surface area contributed by atoms with E-state index in [1.54, 1.807) is 30.3 Å². The lowest BCUT2D eigenvalue weighted by atomic mass is 10.1. The highest BCUT2D eigenvalue weighted by Crippen LogP contribution is 2.33. The van der Waals surface area contributed by atoms with Gasteiger partial charge in [-0.2, -0.15) is 5.26 Å². The molecule has 0 saturated heterocycles. The molecule has 0 bridgehead atoms. The van der Waals surface area contributed by atoms with E-state index in [2.05, 4.69) is 22.0 Å². The van der Waals surface area contributed by atoms with Crippen LogP contribution in [-0.2, 0) is 0 Å². The van der Waals surface area contributed by atoms with E-state index in [1.165, 1.54) is 0 Å². The fourth-order valence-corrected chi connectivity index (χ4v) is 2.22. The van der Waals surface area contributed by atoms with Gasteiger partial charge in [0.15, 0.2) is 0 Å². The molecule has 0 heterocycles.